The maximum absolute atomic E-state index is 12.5. The van der Waals surface area contributed by atoms with Crippen LogP contribution in [-0.4, -0.2) is 34.7 Å². The zero-order valence-electron chi connectivity index (χ0n) is 15.6. The standard InChI is InChI=1S/C21H21ClN4OS/c1-14-8-9-15(22)12-18(14)23-19(27)13-28-21-20(26-10-4-5-11-26)24-16-6-2-3-7-17(16)25-21/h2-3,6-9,12H,4-5,10-11,13H2,1H3,(H,23,27). The average molecular weight is 413 g/mol. The number of carbonyl (C=O) groups is 1. The highest BCUT2D eigenvalue weighted by molar-refractivity contribution is 8.00. The number of para-hydroxylation sites is 2. The second-order valence-corrected chi connectivity index (χ2v) is 8.23. The average Bonchev–Trinajstić information content (AvgIpc) is 3.23. The molecular formula is C21H21ClN4OS. The number of hydrogen-bond donors (Lipinski definition) is 1. The van der Waals surface area contributed by atoms with Crippen molar-refractivity contribution in [2.45, 2.75) is 24.8 Å². The second kappa shape index (κ2) is 8.37. The highest BCUT2D eigenvalue weighted by Gasteiger charge is 2.20. The van der Waals surface area contributed by atoms with Gasteiger partial charge in [0.1, 0.15) is 5.03 Å². The summed E-state index contributed by atoms with van der Waals surface area (Å²) >= 11 is 7.47. The van der Waals surface area contributed by atoms with Gasteiger partial charge in [-0.15, -0.1) is 0 Å². The SMILES string of the molecule is Cc1ccc(Cl)cc1NC(=O)CSc1nc2ccccc2nc1N1CCCC1. The summed E-state index contributed by atoms with van der Waals surface area (Å²) in [5.74, 6) is 1.06. The molecule has 0 saturated carbocycles. The van der Waals surface area contributed by atoms with E-state index in [0.29, 0.717) is 5.02 Å². The summed E-state index contributed by atoms with van der Waals surface area (Å²) in [5, 5.41) is 4.35. The molecule has 0 bridgehead atoms. The number of halogens is 1. The fourth-order valence-electron chi connectivity index (χ4n) is 3.26. The maximum atomic E-state index is 12.5. The Morgan fingerprint density at radius 2 is 1.86 bits per heavy atom. The predicted molar refractivity (Wildman–Crippen MR) is 117 cm³/mol. The fourth-order valence-corrected chi connectivity index (χ4v) is 4.23. The van der Waals surface area contributed by atoms with Crippen molar-refractivity contribution in [1.82, 2.24) is 9.97 Å². The Kier molecular flexibility index (Phi) is 5.69. The lowest BCUT2D eigenvalue weighted by atomic mass is 10.2. The Bertz CT molecular complexity index is 1020. The molecule has 0 aliphatic carbocycles. The van der Waals surface area contributed by atoms with Gasteiger partial charge in [0.15, 0.2) is 5.82 Å². The molecule has 2 heterocycles. The molecule has 7 heteroatoms. The van der Waals surface area contributed by atoms with Crippen LogP contribution < -0.4 is 10.2 Å². The molecule has 144 valence electrons. The third-order valence-corrected chi connectivity index (χ3v) is 5.93. The maximum Gasteiger partial charge on any atom is 0.234 e. The number of amides is 1. The monoisotopic (exact) mass is 412 g/mol. The molecule has 28 heavy (non-hydrogen) atoms. The highest BCUT2D eigenvalue weighted by atomic mass is 35.5. The summed E-state index contributed by atoms with van der Waals surface area (Å²) in [4.78, 5) is 24.4. The minimum Gasteiger partial charge on any atom is -0.354 e. The Labute approximate surface area is 173 Å². The van der Waals surface area contributed by atoms with Crippen molar-refractivity contribution in [1.29, 1.82) is 0 Å². The van der Waals surface area contributed by atoms with E-state index in [0.717, 1.165) is 59.1 Å². The predicted octanol–water partition coefficient (Wildman–Crippen LogP) is 4.92. The van der Waals surface area contributed by atoms with Gasteiger partial charge in [-0.25, -0.2) is 9.97 Å². The first-order valence-corrected chi connectivity index (χ1v) is 10.7. The number of aromatic nitrogens is 2. The normalized spacial score (nSPS) is 13.9. The summed E-state index contributed by atoms with van der Waals surface area (Å²) < 4.78 is 0. The Hall–Kier alpha value is -2.31. The van der Waals surface area contributed by atoms with Gasteiger partial charge < -0.3 is 10.2 Å². The number of carbonyl (C=O) groups excluding carboxylic acids is 1. The van der Waals surface area contributed by atoms with E-state index in [-0.39, 0.29) is 11.7 Å². The van der Waals surface area contributed by atoms with Gasteiger partial charge in [-0.3, -0.25) is 4.79 Å². The van der Waals surface area contributed by atoms with E-state index in [1.165, 1.54) is 11.8 Å². The molecule has 1 N–H and O–H groups in total. The third kappa shape index (κ3) is 4.23. The van der Waals surface area contributed by atoms with Gasteiger partial charge in [0, 0.05) is 23.8 Å². The van der Waals surface area contributed by atoms with Crippen LogP contribution >= 0.6 is 23.4 Å². The smallest absolute Gasteiger partial charge is 0.234 e. The minimum absolute atomic E-state index is 0.0855. The molecule has 4 rings (SSSR count). The van der Waals surface area contributed by atoms with Crippen molar-refractivity contribution in [2.24, 2.45) is 0 Å². The van der Waals surface area contributed by atoms with E-state index in [4.69, 9.17) is 21.6 Å². The number of thioether (sulfide) groups is 1. The van der Waals surface area contributed by atoms with E-state index in [1.807, 2.05) is 43.3 Å². The van der Waals surface area contributed by atoms with Gasteiger partial charge in [-0.2, -0.15) is 0 Å². The quantitative estimate of drug-likeness (QED) is 0.602. The van der Waals surface area contributed by atoms with E-state index in [1.54, 1.807) is 6.07 Å². The van der Waals surface area contributed by atoms with Crippen LogP contribution in [0.2, 0.25) is 5.02 Å². The first-order chi connectivity index (χ1) is 13.6. The van der Waals surface area contributed by atoms with Crippen molar-refractivity contribution in [3.63, 3.8) is 0 Å². The molecule has 2 aromatic carbocycles. The lowest BCUT2D eigenvalue weighted by molar-refractivity contribution is -0.113. The number of nitrogens with one attached hydrogen (secondary N) is 1. The van der Waals surface area contributed by atoms with E-state index < -0.39 is 0 Å². The number of benzene rings is 2. The molecule has 1 aliphatic heterocycles. The summed E-state index contributed by atoms with van der Waals surface area (Å²) in [6.07, 6.45) is 2.32. The molecule has 1 amide bonds. The molecule has 1 fully saturated rings. The van der Waals surface area contributed by atoms with Crippen molar-refractivity contribution in [3.8, 4) is 0 Å². The zero-order valence-corrected chi connectivity index (χ0v) is 17.2. The van der Waals surface area contributed by atoms with Crippen molar-refractivity contribution < 1.29 is 4.79 Å². The molecule has 5 nitrogen and oxygen atoms in total. The Balaban J connectivity index is 1.54. The van der Waals surface area contributed by atoms with Crippen LogP contribution in [0, 0.1) is 6.92 Å². The fraction of sp³-hybridized carbons (Fsp3) is 0.286. The van der Waals surface area contributed by atoms with Gasteiger partial charge in [0.05, 0.1) is 16.8 Å². The molecular weight excluding hydrogens is 392 g/mol. The third-order valence-electron chi connectivity index (χ3n) is 4.74. The largest absolute Gasteiger partial charge is 0.354 e. The summed E-state index contributed by atoms with van der Waals surface area (Å²) in [6.45, 7) is 3.91. The van der Waals surface area contributed by atoms with E-state index in [2.05, 4.69) is 10.2 Å². The van der Waals surface area contributed by atoms with Gasteiger partial charge >= 0.3 is 0 Å². The molecule has 3 aromatic rings. The number of hydrogen-bond acceptors (Lipinski definition) is 5. The van der Waals surface area contributed by atoms with Crippen LogP contribution in [0.4, 0.5) is 11.5 Å². The minimum atomic E-state index is -0.0855. The van der Waals surface area contributed by atoms with Crippen molar-refractivity contribution >= 4 is 51.8 Å². The van der Waals surface area contributed by atoms with Crippen molar-refractivity contribution in [2.75, 3.05) is 29.1 Å². The molecule has 1 saturated heterocycles. The molecule has 1 aromatic heterocycles. The summed E-state index contributed by atoms with van der Waals surface area (Å²) in [5.41, 5.74) is 3.44. The van der Waals surface area contributed by atoms with E-state index in [9.17, 15) is 4.79 Å². The highest BCUT2D eigenvalue weighted by Crippen LogP contribution is 2.31. The van der Waals surface area contributed by atoms with Crippen molar-refractivity contribution in [3.05, 3.63) is 53.1 Å². The van der Waals surface area contributed by atoms with Gasteiger partial charge in [0.25, 0.3) is 0 Å². The topological polar surface area (TPSA) is 58.1 Å². The number of aryl methyl sites for hydroxylation is 1. The van der Waals surface area contributed by atoms with Crippen LogP contribution in [0.25, 0.3) is 11.0 Å². The van der Waals surface area contributed by atoms with Crippen LogP contribution in [-0.2, 0) is 4.79 Å². The zero-order chi connectivity index (χ0) is 19.5. The van der Waals surface area contributed by atoms with Gasteiger partial charge in [-0.1, -0.05) is 41.6 Å². The lowest BCUT2D eigenvalue weighted by Gasteiger charge is -2.19. The van der Waals surface area contributed by atoms with Crippen LogP contribution in [0.15, 0.2) is 47.5 Å². The summed E-state index contributed by atoms with van der Waals surface area (Å²) in [6, 6.07) is 13.3. The molecule has 1 aliphatic rings. The number of fused-ring (bicyclic) bond motifs is 1. The van der Waals surface area contributed by atoms with Gasteiger partial charge in [-0.05, 0) is 49.6 Å². The van der Waals surface area contributed by atoms with Crippen LogP contribution in [0.5, 0.6) is 0 Å². The molecule has 0 atom stereocenters. The molecule has 0 radical (unpaired) electrons. The second-order valence-electron chi connectivity index (χ2n) is 6.83. The number of nitrogens with zero attached hydrogens (tertiary/aromatic N) is 3. The lowest BCUT2D eigenvalue weighted by Crippen LogP contribution is -2.21. The number of rotatable bonds is 5. The first-order valence-electron chi connectivity index (χ1n) is 9.31. The van der Waals surface area contributed by atoms with Gasteiger partial charge in [0.2, 0.25) is 5.91 Å². The Morgan fingerprint density at radius 3 is 2.61 bits per heavy atom. The number of anilines is 2. The van der Waals surface area contributed by atoms with Crippen LogP contribution in [0.1, 0.15) is 18.4 Å². The molecule has 0 unspecified atom stereocenters. The Morgan fingerprint density at radius 1 is 1.14 bits per heavy atom. The summed E-state index contributed by atoms with van der Waals surface area (Å²) in [7, 11) is 0. The first kappa shape index (κ1) is 19.0. The molecule has 0 spiro atoms. The van der Waals surface area contributed by atoms with E-state index >= 15 is 0 Å². The van der Waals surface area contributed by atoms with Crippen LogP contribution in [0.3, 0.4) is 0 Å².